The molecule has 0 radical (unpaired) electrons. The fourth-order valence-corrected chi connectivity index (χ4v) is 3.13. The summed E-state index contributed by atoms with van der Waals surface area (Å²) in [6, 6.07) is 0. The highest BCUT2D eigenvalue weighted by atomic mass is 32.2. The number of amides is 1. The topological polar surface area (TPSA) is 114 Å². The standard InChI is InChI=1S/C8H11N3O5S2/c1-9-5(12)3-11-18(14,15)8-6(7(13)16-2)10-4-17-8/h4,11H,3H2,1-2H3,(H,9,12). The maximum atomic E-state index is 11.8. The Labute approximate surface area is 107 Å². The zero-order valence-electron chi connectivity index (χ0n) is 9.59. The van der Waals surface area contributed by atoms with Crippen molar-refractivity contribution >= 4 is 33.2 Å². The van der Waals surface area contributed by atoms with Crippen molar-refractivity contribution in [1.82, 2.24) is 15.0 Å². The van der Waals surface area contributed by atoms with Gasteiger partial charge in [-0.3, -0.25) is 4.79 Å². The first-order chi connectivity index (χ1) is 8.42. The van der Waals surface area contributed by atoms with Gasteiger partial charge in [0.15, 0.2) is 9.90 Å². The van der Waals surface area contributed by atoms with Crippen molar-refractivity contribution < 1.29 is 22.7 Å². The third-order valence-electron chi connectivity index (χ3n) is 1.86. The van der Waals surface area contributed by atoms with Crippen molar-refractivity contribution in [1.29, 1.82) is 0 Å². The molecule has 100 valence electrons. The third kappa shape index (κ3) is 3.24. The molecule has 1 amide bonds. The van der Waals surface area contributed by atoms with Crippen LogP contribution >= 0.6 is 11.3 Å². The predicted molar refractivity (Wildman–Crippen MR) is 62.7 cm³/mol. The van der Waals surface area contributed by atoms with Crippen molar-refractivity contribution in [2.75, 3.05) is 20.7 Å². The minimum Gasteiger partial charge on any atom is -0.464 e. The van der Waals surface area contributed by atoms with Crippen LogP contribution in [0.4, 0.5) is 0 Å². The third-order valence-corrected chi connectivity index (χ3v) is 4.63. The lowest BCUT2D eigenvalue weighted by Gasteiger charge is -2.04. The molecule has 10 heteroatoms. The van der Waals surface area contributed by atoms with Crippen LogP contribution in [-0.4, -0.2) is 46.0 Å². The molecule has 0 aliphatic heterocycles. The maximum Gasteiger partial charge on any atom is 0.358 e. The number of sulfonamides is 1. The molecule has 0 aromatic carbocycles. The van der Waals surface area contributed by atoms with E-state index in [-0.39, 0.29) is 9.90 Å². The van der Waals surface area contributed by atoms with Crippen molar-refractivity contribution in [3.63, 3.8) is 0 Å². The molecular formula is C8H11N3O5S2. The van der Waals surface area contributed by atoms with Gasteiger partial charge in [0.05, 0.1) is 19.2 Å². The van der Waals surface area contributed by atoms with Crippen LogP contribution in [0.1, 0.15) is 10.5 Å². The molecule has 8 nitrogen and oxygen atoms in total. The van der Waals surface area contributed by atoms with E-state index in [9.17, 15) is 18.0 Å². The average Bonchev–Trinajstić information content (AvgIpc) is 2.85. The lowest BCUT2D eigenvalue weighted by molar-refractivity contribution is -0.119. The van der Waals surface area contributed by atoms with Gasteiger partial charge in [-0.25, -0.2) is 22.9 Å². The van der Waals surface area contributed by atoms with Gasteiger partial charge < -0.3 is 10.1 Å². The molecule has 2 N–H and O–H groups in total. The van der Waals surface area contributed by atoms with Crippen molar-refractivity contribution in [3.05, 3.63) is 11.2 Å². The lowest BCUT2D eigenvalue weighted by Crippen LogP contribution is -2.35. The first-order valence-electron chi connectivity index (χ1n) is 4.64. The van der Waals surface area contributed by atoms with Crippen LogP contribution in [0, 0.1) is 0 Å². The van der Waals surface area contributed by atoms with Crippen molar-refractivity contribution in [2.24, 2.45) is 0 Å². The Morgan fingerprint density at radius 2 is 2.17 bits per heavy atom. The van der Waals surface area contributed by atoms with Gasteiger partial charge >= 0.3 is 5.97 Å². The summed E-state index contributed by atoms with van der Waals surface area (Å²) in [6.07, 6.45) is 0. The van der Waals surface area contributed by atoms with E-state index in [0.29, 0.717) is 0 Å². The summed E-state index contributed by atoms with van der Waals surface area (Å²) in [6.45, 7) is -0.419. The van der Waals surface area contributed by atoms with Crippen molar-refractivity contribution in [3.8, 4) is 0 Å². The van der Waals surface area contributed by atoms with E-state index in [2.05, 4.69) is 19.8 Å². The summed E-state index contributed by atoms with van der Waals surface area (Å²) in [5, 5.41) is 2.26. The number of nitrogens with zero attached hydrogens (tertiary/aromatic N) is 1. The molecule has 1 heterocycles. The number of likely N-dealkylation sites (N-methyl/N-ethyl adjacent to an activating group) is 1. The van der Waals surface area contributed by atoms with E-state index in [1.165, 1.54) is 12.6 Å². The van der Waals surface area contributed by atoms with Gasteiger partial charge in [-0.05, 0) is 0 Å². The fraction of sp³-hybridized carbons (Fsp3) is 0.375. The van der Waals surface area contributed by atoms with E-state index in [4.69, 9.17) is 0 Å². The highest BCUT2D eigenvalue weighted by molar-refractivity contribution is 7.91. The minimum absolute atomic E-state index is 0.279. The Kier molecular flexibility index (Phi) is 4.76. The molecule has 18 heavy (non-hydrogen) atoms. The first kappa shape index (κ1) is 14.5. The first-order valence-corrected chi connectivity index (χ1v) is 7.00. The number of ether oxygens (including phenoxy) is 1. The normalized spacial score (nSPS) is 11.0. The Balaban J connectivity index is 2.95. The van der Waals surface area contributed by atoms with Crippen LogP contribution < -0.4 is 10.0 Å². The molecule has 0 spiro atoms. The average molecular weight is 293 g/mol. The molecule has 0 atom stereocenters. The van der Waals surface area contributed by atoms with Gasteiger partial charge in [0.2, 0.25) is 5.91 Å². The largest absolute Gasteiger partial charge is 0.464 e. The van der Waals surface area contributed by atoms with Gasteiger partial charge in [-0.15, -0.1) is 11.3 Å². The van der Waals surface area contributed by atoms with Crippen molar-refractivity contribution in [2.45, 2.75) is 4.21 Å². The summed E-state index contributed by atoms with van der Waals surface area (Å²) in [4.78, 5) is 25.9. The SMILES string of the molecule is CNC(=O)CNS(=O)(=O)c1scnc1C(=O)OC. The Hall–Kier alpha value is -1.52. The summed E-state index contributed by atoms with van der Waals surface area (Å²) >= 11 is 0.765. The van der Waals surface area contributed by atoms with Gasteiger partial charge in [0.25, 0.3) is 10.0 Å². The zero-order chi connectivity index (χ0) is 13.8. The summed E-state index contributed by atoms with van der Waals surface area (Å²) < 4.78 is 29.8. The van der Waals surface area contributed by atoms with E-state index in [0.717, 1.165) is 18.4 Å². The summed E-state index contributed by atoms with van der Waals surface area (Å²) in [7, 11) is -1.46. The molecule has 0 aliphatic rings. The van der Waals surface area contributed by atoms with Crippen LogP contribution in [0.5, 0.6) is 0 Å². The van der Waals surface area contributed by atoms with E-state index >= 15 is 0 Å². The number of thiazole rings is 1. The second kappa shape index (κ2) is 5.89. The zero-order valence-corrected chi connectivity index (χ0v) is 11.2. The Bertz CT molecular complexity index is 551. The fourth-order valence-electron chi connectivity index (χ4n) is 0.973. The monoisotopic (exact) mass is 293 g/mol. The lowest BCUT2D eigenvalue weighted by atomic mass is 10.5. The number of esters is 1. The van der Waals surface area contributed by atoms with Gasteiger partial charge in [0, 0.05) is 7.05 Å². The molecule has 0 saturated carbocycles. The van der Waals surface area contributed by atoms with Crippen LogP contribution in [0.15, 0.2) is 9.72 Å². The number of hydrogen-bond acceptors (Lipinski definition) is 7. The molecule has 0 fully saturated rings. The van der Waals surface area contributed by atoms with Crippen LogP contribution in [-0.2, 0) is 19.6 Å². The van der Waals surface area contributed by atoms with Crippen LogP contribution in [0.3, 0.4) is 0 Å². The second-order valence-corrected chi connectivity index (χ2v) is 5.79. The van der Waals surface area contributed by atoms with Gasteiger partial charge in [-0.2, -0.15) is 0 Å². The highest BCUT2D eigenvalue weighted by Crippen LogP contribution is 2.20. The summed E-state index contributed by atoms with van der Waals surface area (Å²) in [5.74, 6) is -1.35. The number of hydrogen-bond donors (Lipinski definition) is 2. The number of carbonyl (C=O) groups is 2. The van der Waals surface area contributed by atoms with Crippen LogP contribution in [0.2, 0.25) is 0 Å². The van der Waals surface area contributed by atoms with Gasteiger partial charge in [-0.1, -0.05) is 0 Å². The van der Waals surface area contributed by atoms with Gasteiger partial charge in [0.1, 0.15) is 0 Å². The van der Waals surface area contributed by atoms with Crippen LogP contribution in [0.25, 0.3) is 0 Å². The predicted octanol–water partition coefficient (Wildman–Crippen LogP) is -1.05. The Morgan fingerprint density at radius 3 is 2.72 bits per heavy atom. The quantitative estimate of drug-likeness (QED) is 0.670. The molecule has 1 aromatic heterocycles. The maximum absolute atomic E-state index is 11.8. The molecule has 0 bridgehead atoms. The molecule has 0 aliphatic carbocycles. The number of nitrogens with one attached hydrogen (secondary N) is 2. The molecule has 0 unspecified atom stereocenters. The van der Waals surface area contributed by atoms with E-state index in [1.54, 1.807) is 0 Å². The van der Waals surface area contributed by atoms with E-state index in [1.807, 2.05) is 0 Å². The molecule has 0 saturated heterocycles. The summed E-state index contributed by atoms with van der Waals surface area (Å²) in [5.41, 5.74) is 0.910. The number of carbonyl (C=O) groups excluding carboxylic acids is 2. The Morgan fingerprint density at radius 1 is 1.50 bits per heavy atom. The number of rotatable bonds is 5. The number of methoxy groups -OCH3 is 1. The second-order valence-electron chi connectivity index (χ2n) is 2.98. The smallest absolute Gasteiger partial charge is 0.358 e. The minimum atomic E-state index is -3.96. The molecule has 1 rings (SSSR count). The number of aromatic nitrogens is 1. The highest BCUT2D eigenvalue weighted by Gasteiger charge is 2.26. The molecular weight excluding hydrogens is 282 g/mol. The molecule has 1 aromatic rings. The van der Waals surface area contributed by atoms with E-state index < -0.39 is 28.4 Å².